The summed E-state index contributed by atoms with van der Waals surface area (Å²) in [6.45, 7) is 0. The number of aromatic carboxylic acids is 1. The number of carboxylic acids is 1. The van der Waals surface area contributed by atoms with Crippen LogP contribution in [-0.2, 0) is 6.18 Å². The molecule has 1 heterocycles. The van der Waals surface area contributed by atoms with Crippen LogP contribution in [0, 0.1) is 0 Å². The third-order valence-electron chi connectivity index (χ3n) is 2.41. The Kier molecular flexibility index (Phi) is 4.06. The first-order chi connectivity index (χ1) is 9.68. The van der Waals surface area contributed by atoms with Gasteiger partial charge >= 0.3 is 12.1 Å². The maximum atomic E-state index is 12.8. The van der Waals surface area contributed by atoms with Gasteiger partial charge in [0, 0.05) is 10.6 Å². The molecular weight excluding hydrogens is 332 g/mol. The number of hydrogen-bond acceptors (Lipinski definition) is 3. The van der Waals surface area contributed by atoms with E-state index in [2.05, 4.69) is 9.97 Å². The summed E-state index contributed by atoms with van der Waals surface area (Å²) in [5.74, 6) is -2.64. The lowest BCUT2D eigenvalue weighted by atomic mass is 10.1. The van der Waals surface area contributed by atoms with Crippen LogP contribution in [0.3, 0.4) is 0 Å². The molecule has 0 aliphatic carbocycles. The molecule has 1 aromatic carbocycles. The molecule has 0 aliphatic heterocycles. The van der Waals surface area contributed by atoms with Crippen LogP contribution in [0.2, 0.25) is 10.0 Å². The number of benzene rings is 1. The predicted octanol–water partition coefficient (Wildman–Crippen LogP) is 4.17. The summed E-state index contributed by atoms with van der Waals surface area (Å²) in [5, 5.41) is 9.14. The molecule has 1 N–H and O–H groups in total. The lowest BCUT2D eigenvalue weighted by Gasteiger charge is -2.10. The van der Waals surface area contributed by atoms with Gasteiger partial charge in [-0.25, -0.2) is 14.8 Å². The zero-order valence-corrected chi connectivity index (χ0v) is 11.5. The van der Waals surface area contributed by atoms with Crippen LogP contribution >= 0.6 is 23.2 Å². The lowest BCUT2D eigenvalue weighted by molar-refractivity contribution is -0.141. The molecule has 2 rings (SSSR count). The first-order valence-corrected chi connectivity index (χ1v) is 6.09. The van der Waals surface area contributed by atoms with Crippen molar-refractivity contribution in [3.8, 4) is 11.3 Å². The zero-order valence-electron chi connectivity index (χ0n) is 9.95. The predicted molar refractivity (Wildman–Crippen MR) is 69.4 cm³/mol. The zero-order chi connectivity index (χ0) is 15.8. The summed E-state index contributed by atoms with van der Waals surface area (Å²) in [7, 11) is 0. The highest BCUT2D eigenvalue weighted by Gasteiger charge is 2.34. The summed E-state index contributed by atoms with van der Waals surface area (Å²) < 4.78 is 38.3. The maximum Gasteiger partial charge on any atom is 0.433 e. The fourth-order valence-corrected chi connectivity index (χ4v) is 2.03. The molecule has 21 heavy (non-hydrogen) atoms. The van der Waals surface area contributed by atoms with E-state index in [0.717, 1.165) is 0 Å². The second kappa shape index (κ2) is 5.50. The van der Waals surface area contributed by atoms with Crippen LogP contribution < -0.4 is 0 Å². The van der Waals surface area contributed by atoms with E-state index in [1.54, 1.807) is 0 Å². The highest BCUT2D eigenvalue weighted by molar-refractivity contribution is 6.36. The number of hydrogen-bond donors (Lipinski definition) is 1. The molecule has 0 unspecified atom stereocenters. The Balaban J connectivity index is 2.68. The lowest BCUT2D eigenvalue weighted by Crippen LogP contribution is -2.14. The van der Waals surface area contributed by atoms with E-state index in [1.807, 2.05) is 0 Å². The molecule has 0 amide bonds. The summed E-state index contributed by atoms with van der Waals surface area (Å²) >= 11 is 11.6. The number of carbonyl (C=O) groups is 1. The van der Waals surface area contributed by atoms with Crippen LogP contribution in [0.15, 0.2) is 24.3 Å². The second-order valence-electron chi connectivity index (χ2n) is 3.89. The van der Waals surface area contributed by atoms with Gasteiger partial charge < -0.3 is 5.11 Å². The Bertz CT molecular complexity index is 720. The largest absolute Gasteiger partial charge is 0.475 e. The van der Waals surface area contributed by atoms with Crippen LogP contribution in [0.1, 0.15) is 16.3 Å². The van der Waals surface area contributed by atoms with Crippen molar-refractivity contribution >= 4 is 29.2 Å². The molecule has 2 aromatic rings. The molecule has 0 aliphatic rings. The minimum atomic E-state index is -4.80. The molecule has 0 fully saturated rings. The number of nitrogens with zero attached hydrogens (tertiary/aromatic N) is 2. The molecule has 1 aromatic heterocycles. The fourth-order valence-electron chi connectivity index (χ4n) is 1.52. The quantitative estimate of drug-likeness (QED) is 0.893. The molecule has 0 atom stereocenters. The normalized spacial score (nSPS) is 11.5. The van der Waals surface area contributed by atoms with Crippen molar-refractivity contribution in [2.24, 2.45) is 0 Å². The van der Waals surface area contributed by atoms with E-state index in [9.17, 15) is 18.0 Å². The molecule has 0 spiro atoms. The monoisotopic (exact) mass is 336 g/mol. The van der Waals surface area contributed by atoms with E-state index in [0.29, 0.717) is 6.07 Å². The molecule has 0 radical (unpaired) electrons. The highest BCUT2D eigenvalue weighted by Crippen LogP contribution is 2.33. The van der Waals surface area contributed by atoms with E-state index >= 15 is 0 Å². The second-order valence-corrected chi connectivity index (χ2v) is 4.73. The van der Waals surface area contributed by atoms with Gasteiger partial charge in [0.15, 0.2) is 0 Å². The van der Waals surface area contributed by atoms with Gasteiger partial charge in [0.2, 0.25) is 5.82 Å². The van der Waals surface area contributed by atoms with Gasteiger partial charge in [-0.3, -0.25) is 0 Å². The average Bonchev–Trinajstić information content (AvgIpc) is 2.37. The summed E-state index contributed by atoms with van der Waals surface area (Å²) in [6, 6.07) is 4.69. The van der Waals surface area contributed by atoms with Crippen molar-refractivity contribution in [1.29, 1.82) is 0 Å². The van der Waals surface area contributed by atoms with Crippen molar-refractivity contribution < 1.29 is 23.1 Å². The molecule has 0 bridgehead atoms. The van der Waals surface area contributed by atoms with E-state index in [-0.39, 0.29) is 21.3 Å². The molecule has 9 heteroatoms. The molecule has 110 valence electrons. The molecule has 0 saturated carbocycles. The maximum absolute atomic E-state index is 12.8. The van der Waals surface area contributed by atoms with Crippen LogP contribution in [0.5, 0.6) is 0 Å². The van der Waals surface area contributed by atoms with Crippen molar-refractivity contribution in [3.63, 3.8) is 0 Å². The van der Waals surface area contributed by atoms with Gasteiger partial charge in [-0.2, -0.15) is 13.2 Å². The first-order valence-electron chi connectivity index (χ1n) is 5.33. The summed E-state index contributed by atoms with van der Waals surface area (Å²) in [4.78, 5) is 17.4. The summed E-state index contributed by atoms with van der Waals surface area (Å²) in [6.07, 6.45) is -4.80. The molecular formula is C12H5Cl2F3N2O2. The first kappa shape index (κ1) is 15.5. The molecule has 4 nitrogen and oxygen atoms in total. The Morgan fingerprint density at radius 3 is 2.33 bits per heavy atom. The van der Waals surface area contributed by atoms with Crippen molar-refractivity contribution in [2.45, 2.75) is 6.18 Å². The van der Waals surface area contributed by atoms with Crippen molar-refractivity contribution in [1.82, 2.24) is 9.97 Å². The third kappa shape index (κ3) is 3.43. The Labute approximate surface area is 126 Å². The SMILES string of the molecule is O=C(O)c1nc(-c2ccc(Cl)cc2Cl)cc(C(F)(F)F)n1. The fraction of sp³-hybridized carbons (Fsp3) is 0.0833. The van der Waals surface area contributed by atoms with Gasteiger partial charge in [0.1, 0.15) is 5.69 Å². The number of alkyl halides is 3. The minimum Gasteiger partial charge on any atom is -0.475 e. The Morgan fingerprint density at radius 1 is 1.14 bits per heavy atom. The Morgan fingerprint density at radius 2 is 1.81 bits per heavy atom. The van der Waals surface area contributed by atoms with E-state index < -0.39 is 23.7 Å². The van der Waals surface area contributed by atoms with Crippen molar-refractivity contribution in [2.75, 3.05) is 0 Å². The van der Waals surface area contributed by atoms with E-state index in [1.165, 1.54) is 18.2 Å². The topological polar surface area (TPSA) is 63.1 Å². The van der Waals surface area contributed by atoms with Gasteiger partial charge in [-0.05, 0) is 24.3 Å². The number of aromatic nitrogens is 2. The average molecular weight is 337 g/mol. The standard InChI is InChI=1S/C12H5Cl2F3N2O2/c13-5-1-2-6(7(14)3-5)8-4-9(12(15,16)17)19-10(18-8)11(20)21/h1-4H,(H,20,21). The van der Waals surface area contributed by atoms with Crippen LogP contribution in [-0.4, -0.2) is 21.0 Å². The van der Waals surface area contributed by atoms with Crippen molar-refractivity contribution in [3.05, 3.63) is 45.8 Å². The van der Waals surface area contributed by atoms with Gasteiger partial charge in [-0.15, -0.1) is 0 Å². The number of rotatable bonds is 2. The molecule has 0 saturated heterocycles. The van der Waals surface area contributed by atoms with Gasteiger partial charge in [0.05, 0.1) is 10.7 Å². The highest BCUT2D eigenvalue weighted by atomic mass is 35.5. The smallest absolute Gasteiger partial charge is 0.433 e. The van der Waals surface area contributed by atoms with Crippen LogP contribution in [0.4, 0.5) is 13.2 Å². The third-order valence-corrected chi connectivity index (χ3v) is 2.96. The number of carboxylic acid groups (broad SMARTS) is 1. The van der Waals surface area contributed by atoms with E-state index in [4.69, 9.17) is 28.3 Å². The van der Waals surface area contributed by atoms with Gasteiger partial charge in [-0.1, -0.05) is 23.2 Å². The van der Waals surface area contributed by atoms with Gasteiger partial charge in [0.25, 0.3) is 0 Å². The Hall–Kier alpha value is -1.86. The van der Waals surface area contributed by atoms with Crippen LogP contribution in [0.25, 0.3) is 11.3 Å². The summed E-state index contributed by atoms with van der Waals surface area (Å²) in [5.41, 5.74) is -1.50. The minimum absolute atomic E-state index is 0.0469. The number of halogens is 5.